The van der Waals surface area contributed by atoms with Crippen molar-refractivity contribution in [1.82, 2.24) is 5.32 Å². The van der Waals surface area contributed by atoms with E-state index in [0.717, 1.165) is 0 Å². The Hall–Kier alpha value is -3.35. The molecule has 0 radical (unpaired) electrons. The van der Waals surface area contributed by atoms with Crippen molar-refractivity contribution in [2.45, 2.75) is 6.92 Å². The van der Waals surface area contributed by atoms with Crippen molar-refractivity contribution in [2.24, 2.45) is 0 Å². The summed E-state index contributed by atoms with van der Waals surface area (Å²) < 4.78 is 15.5. The number of hydrogen-bond donors (Lipinski definition) is 1. The second-order valence-electron chi connectivity index (χ2n) is 5.54. The molecule has 27 heavy (non-hydrogen) atoms. The van der Waals surface area contributed by atoms with Crippen LogP contribution in [0.5, 0.6) is 11.5 Å². The van der Waals surface area contributed by atoms with Gasteiger partial charge in [0.15, 0.2) is 19.0 Å². The standard InChI is InChI=1S/C20H21NO6/c1-15(22)16-7-9-18(10-8-16)26-14-20(24)27-13-19(23)21-11-12-25-17-5-3-2-4-6-17/h2-10H,11-14H2,1H3,(H,21,23). The highest BCUT2D eigenvalue weighted by molar-refractivity contribution is 5.94. The zero-order chi connectivity index (χ0) is 19.5. The molecule has 7 heteroatoms. The number of nitrogens with one attached hydrogen (secondary N) is 1. The topological polar surface area (TPSA) is 90.9 Å². The molecule has 1 N–H and O–H groups in total. The highest BCUT2D eigenvalue weighted by atomic mass is 16.6. The molecule has 0 atom stereocenters. The van der Waals surface area contributed by atoms with E-state index in [1.807, 2.05) is 30.3 Å². The summed E-state index contributed by atoms with van der Waals surface area (Å²) in [6, 6.07) is 15.6. The molecule has 0 spiro atoms. The largest absolute Gasteiger partial charge is 0.492 e. The van der Waals surface area contributed by atoms with Crippen molar-refractivity contribution in [1.29, 1.82) is 0 Å². The van der Waals surface area contributed by atoms with Gasteiger partial charge in [-0.1, -0.05) is 18.2 Å². The molecule has 0 saturated carbocycles. The van der Waals surface area contributed by atoms with Crippen LogP contribution in [0.25, 0.3) is 0 Å². The number of benzene rings is 2. The monoisotopic (exact) mass is 371 g/mol. The summed E-state index contributed by atoms with van der Waals surface area (Å²) in [7, 11) is 0. The smallest absolute Gasteiger partial charge is 0.344 e. The third kappa shape index (κ3) is 7.60. The number of ether oxygens (including phenoxy) is 3. The summed E-state index contributed by atoms with van der Waals surface area (Å²) in [6.45, 7) is 1.35. The maximum Gasteiger partial charge on any atom is 0.344 e. The summed E-state index contributed by atoms with van der Waals surface area (Å²) in [4.78, 5) is 34.4. The lowest BCUT2D eigenvalue weighted by Crippen LogP contribution is -2.32. The van der Waals surface area contributed by atoms with Gasteiger partial charge in [-0.2, -0.15) is 0 Å². The van der Waals surface area contributed by atoms with E-state index in [0.29, 0.717) is 30.2 Å². The summed E-state index contributed by atoms with van der Waals surface area (Å²) in [5.41, 5.74) is 0.554. The minimum absolute atomic E-state index is 0.0545. The number of ketones is 1. The number of hydrogen-bond acceptors (Lipinski definition) is 6. The van der Waals surface area contributed by atoms with Crippen molar-refractivity contribution in [3.63, 3.8) is 0 Å². The van der Waals surface area contributed by atoms with E-state index >= 15 is 0 Å². The first-order chi connectivity index (χ1) is 13.0. The summed E-state index contributed by atoms with van der Waals surface area (Å²) in [6.07, 6.45) is 0. The van der Waals surface area contributed by atoms with E-state index < -0.39 is 18.5 Å². The molecular formula is C20H21NO6. The van der Waals surface area contributed by atoms with Gasteiger partial charge >= 0.3 is 5.97 Å². The average molecular weight is 371 g/mol. The Morgan fingerprint density at radius 3 is 2.19 bits per heavy atom. The van der Waals surface area contributed by atoms with E-state index in [2.05, 4.69) is 5.32 Å². The summed E-state index contributed by atoms with van der Waals surface area (Å²) >= 11 is 0. The van der Waals surface area contributed by atoms with Gasteiger partial charge in [-0.05, 0) is 43.3 Å². The van der Waals surface area contributed by atoms with Crippen LogP contribution in [0.4, 0.5) is 0 Å². The molecule has 0 heterocycles. The molecule has 0 bridgehead atoms. The van der Waals surface area contributed by atoms with Gasteiger partial charge in [0.25, 0.3) is 5.91 Å². The van der Waals surface area contributed by atoms with Gasteiger partial charge in [-0.25, -0.2) is 4.79 Å². The average Bonchev–Trinajstić information content (AvgIpc) is 2.69. The first-order valence-electron chi connectivity index (χ1n) is 8.38. The number of amides is 1. The fourth-order valence-corrected chi connectivity index (χ4v) is 2.04. The fourth-order valence-electron chi connectivity index (χ4n) is 2.04. The summed E-state index contributed by atoms with van der Waals surface area (Å²) in [5.74, 6) is -0.000540. The second kappa shape index (κ2) is 10.6. The van der Waals surface area contributed by atoms with Crippen molar-refractivity contribution in [3.8, 4) is 11.5 Å². The molecule has 0 unspecified atom stereocenters. The maximum atomic E-state index is 11.6. The molecule has 0 aromatic heterocycles. The number of para-hydroxylation sites is 1. The quantitative estimate of drug-likeness (QED) is 0.390. The molecule has 0 aliphatic rings. The maximum absolute atomic E-state index is 11.6. The SMILES string of the molecule is CC(=O)c1ccc(OCC(=O)OCC(=O)NCCOc2ccccc2)cc1. The van der Waals surface area contributed by atoms with Gasteiger partial charge in [-0.15, -0.1) is 0 Å². The number of rotatable bonds is 10. The van der Waals surface area contributed by atoms with E-state index in [4.69, 9.17) is 14.2 Å². The van der Waals surface area contributed by atoms with Crippen LogP contribution in [0.1, 0.15) is 17.3 Å². The van der Waals surface area contributed by atoms with E-state index in [-0.39, 0.29) is 12.4 Å². The Bertz CT molecular complexity index is 758. The number of carbonyl (C=O) groups excluding carboxylic acids is 3. The van der Waals surface area contributed by atoms with Crippen LogP contribution in [0.2, 0.25) is 0 Å². The second-order valence-corrected chi connectivity index (χ2v) is 5.54. The van der Waals surface area contributed by atoms with Gasteiger partial charge in [-0.3, -0.25) is 9.59 Å². The van der Waals surface area contributed by atoms with Crippen molar-refractivity contribution < 1.29 is 28.6 Å². The van der Waals surface area contributed by atoms with Crippen LogP contribution in [-0.2, 0) is 14.3 Å². The molecule has 7 nitrogen and oxygen atoms in total. The van der Waals surface area contributed by atoms with E-state index in [1.165, 1.54) is 6.92 Å². The van der Waals surface area contributed by atoms with Gasteiger partial charge in [0.05, 0.1) is 6.54 Å². The molecule has 1 amide bonds. The van der Waals surface area contributed by atoms with E-state index in [1.54, 1.807) is 24.3 Å². The zero-order valence-electron chi connectivity index (χ0n) is 15.0. The number of esters is 1. The Labute approximate surface area is 157 Å². The third-order valence-corrected chi connectivity index (χ3v) is 3.42. The minimum Gasteiger partial charge on any atom is -0.492 e. The molecule has 0 aliphatic heterocycles. The molecule has 0 aliphatic carbocycles. The summed E-state index contributed by atoms with van der Waals surface area (Å²) in [5, 5.41) is 2.58. The van der Waals surface area contributed by atoms with Crippen LogP contribution in [0.3, 0.4) is 0 Å². The Morgan fingerprint density at radius 1 is 0.852 bits per heavy atom. The fraction of sp³-hybridized carbons (Fsp3) is 0.250. The van der Waals surface area contributed by atoms with Gasteiger partial charge in [0.1, 0.15) is 18.1 Å². The van der Waals surface area contributed by atoms with Crippen LogP contribution < -0.4 is 14.8 Å². The lowest BCUT2D eigenvalue weighted by atomic mass is 10.1. The molecule has 2 aromatic carbocycles. The highest BCUT2D eigenvalue weighted by Gasteiger charge is 2.08. The Morgan fingerprint density at radius 2 is 1.52 bits per heavy atom. The molecule has 0 fully saturated rings. The van der Waals surface area contributed by atoms with Crippen molar-refractivity contribution in [3.05, 3.63) is 60.2 Å². The van der Waals surface area contributed by atoms with Crippen LogP contribution in [0, 0.1) is 0 Å². The molecule has 2 aromatic rings. The van der Waals surface area contributed by atoms with Crippen LogP contribution in [-0.4, -0.2) is 44.0 Å². The number of Topliss-reactive ketones (excluding diaryl/α,β-unsaturated/α-hetero) is 1. The third-order valence-electron chi connectivity index (χ3n) is 3.42. The normalized spacial score (nSPS) is 9.96. The predicted molar refractivity (Wildman–Crippen MR) is 97.8 cm³/mol. The predicted octanol–water partition coefficient (Wildman–Crippen LogP) is 2.01. The number of carbonyl (C=O) groups is 3. The van der Waals surface area contributed by atoms with Crippen molar-refractivity contribution >= 4 is 17.7 Å². The molecule has 142 valence electrons. The van der Waals surface area contributed by atoms with Crippen LogP contribution >= 0.6 is 0 Å². The molecule has 0 saturated heterocycles. The lowest BCUT2D eigenvalue weighted by Gasteiger charge is -2.09. The highest BCUT2D eigenvalue weighted by Crippen LogP contribution is 2.12. The van der Waals surface area contributed by atoms with Gasteiger partial charge < -0.3 is 19.5 Å². The minimum atomic E-state index is -0.665. The Balaban J connectivity index is 1.57. The Kier molecular flexibility index (Phi) is 7.84. The zero-order valence-corrected chi connectivity index (χ0v) is 15.0. The van der Waals surface area contributed by atoms with Gasteiger partial charge in [0, 0.05) is 5.56 Å². The van der Waals surface area contributed by atoms with E-state index in [9.17, 15) is 14.4 Å². The first-order valence-corrected chi connectivity index (χ1v) is 8.38. The molecular weight excluding hydrogens is 350 g/mol. The lowest BCUT2D eigenvalue weighted by molar-refractivity contribution is -0.150. The molecule has 2 rings (SSSR count). The first kappa shape index (κ1) is 20.0. The van der Waals surface area contributed by atoms with Crippen LogP contribution in [0.15, 0.2) is 54.6 Å². The van der Waals surface area contributed by atoms with Crippen molar-refractivity contribution in [2.75, 3.05) is 26.4 Å². The van der Waals surface area contributed by atoms with Gasteiger partial charge in [0.2, 0.25) is 0 Å².